The predicted octanol–water partition coefficient (Wildman–Crippen LogP) is 1.93. The first kappa shape index (κ1) is 10.6. The highest BCUT2D eigenvalue weighted by Crippen LogP contribution is 2.18. The molecule has 0 saturated heterocycles. The SMILES string of the molecule is Cc1cc(-n2cc(C(=O)O)nn2)ccc1Cl. The van der Waals surface area contributed by atoms with Crippen LogP contribution in [0.1, 0.15) is 16.1 Å². The molecule has 0 radical (unpaired) electrons. The standard InChI is InChI=1S/C10H8ClN3O2/c1-6-4-7(2-3-8(6)11)14-5-9(10(15)16)12-13-14/h2-5H,1H3,(H,15,16). The Kier molecular flexibility index (Phi) is 2.62. The number of carbonyl (C=O) groups is 1. The van der Waals surface area contributed by atoms with Crippen molar-refractivity contribution in [2.75, 3.05) is 0 Å². The van der Waals surface area contributed by atoms with E-state index in [1.54, 1.807) is 12.1 Å². The summed E-state index contributed by atoms with van der Waals surface area (Å²) < 4.78 is 1.40. The number of rotatable bonds is 2. The van der Waals surface area contributed by atoms with Crippen LogP contribution in [0.5, 0.6) is 0 Å². The second-order valence-corrected chi connectivity index (χ2v) is 3.69. The van der Waals surface area contributed by atoms with Gasteiger partial charge in [-0.25, -0.2) is 9.48 Å². The highest BCUT2D eigenvalue weighted by atomic mass is 35.5. The first-order chi connectivity index (χ1) is 7.58. The van der Waals surface area contributed by atoms with E-state index in [1.807, 2.05) is 13.0 Å². The molecule has 1 heterocycles. The zero-order valence-corrected chi connectivity index (χ0v) is 9.14. The fraction of sp³-hybridized carbons (Fsp3) is 0.100. The van der Waals surface area contributed by atoms with E-state index in [-0.39, 0.29) is 5.69 Å². The first-order valence-corrected chi connectivity index (χ1v) is 4.88. The van der Waals surface area contributed by atoms with Crippen LogP contribution < -0.4 is 0 Å². The summed E-state index contributed by atoms with van der Waals surface area (Å²) in [6.07, 6.45) is 1.35. The van der Waals surface area contributed by atoms with Gasteiger partial charge in [0.25, 0.3) is 0 Å². The van der Waals surface area contributed by atoms with Crippen molar-refractivity contribution in [3.8, 4) is 5.69 Å². The van der Waals surface area contributed by atoms with Gasteiger partial charge < -0.3 is 5.11 Å². The minimum absolute atomic E-state index is 0.0902. The second-order valence-electron chi connectivity index (χ2n) is 3.29. The second kappa shape index (κ2) is 3.94. The van der Waals surface area contributed by atoms with E-state index in [1.165, 1.54) is 10.9 Å². The van der Waals surface area contributed by atoms with E-state index in [2.05, 4.69) is 10.3 Å². The molecule has 0 bridgehead atoms. The lowest BCUT2D eigenvalue weighted by Gasteiger charge is -2.02. The zero-order chi connectivity index (χ0) is 11.7. The van der Waals surface area contributed by atoms with E-state index in [4.69, 9.17) is 16.7 Å². The highest BCUT2D eigenvalue weighted by molar-refractivity contribution is 6.31. The summed E-state index contributed by atoms with van der Waals surface area (Å²) in [6, 6.07) is 5.28. The molecule has 0 amide bonds. The van der Waals surface area contributed by atoms with Gasteiger partial charge in [-0.3, -0.25) is 0 Å². The van der Waals surface area contributed by atoms with Crippen LogP contribution in [0.25, 0.3) is 5.69 Å². The third-order valence-corrected chi connectivity index (χ3v) is 2.54. The normalized spacial score (nSPS) is 10.4. The molecule has 0 aliphatic heterocycles. The van der Waals surface area contributed by atoms with Crippen molar-refractivity contribution >= 4 is 17.6 Å². The number of benzene rings is 1. The predicted molar refractivity (Wildman–Crippen MR) is 58.1 cm³/mol. The molecule has 2 rings (SSSR count). The van der Waals surface area contributed by atoms with Crippen molar-refractivity contribution in [2.45, 2.75) is 6.92 Å². The van der Waals surface area contributed by atoms with Gasteiger partial charge in [0.2, 0.25) is 0 Å². The molecule has 0 spiro atoms. The third kappa shape index (κ3) is 1.90. The van der Waals surface area contributed by atoms with Gasteiger partial charge in [-0.2, -0.15) is 0 Å². The fourth-order valence-electron chi connectivity index (χ4n) is 1.26. The maximum atomic E-state index is 10.6. The largest absolute Gasteiger partial charge is 0.476 e. The van der Waals surface area contributed by atoms with Crippen LogP contribution in [-0.4, -0.2) is 26.1 Å². The van der Waals surface area contributed by atoms with Crippen molar-refractivity contribution in [1.82, 2.24) is 15.0 Å². The summed E-state index contributed by atoms with van der Waals surface area (Å²) >= 11 is 5.88. The summed E-state index contributed by atoms with van der Waals surface area (Å²) in [5, 5.41) is 16.6. The molecule has 1 aromatic heterocycles. The molecule has 6 heteroatoms. The molecule has 0 aliphatic rings. The van der Waals surface area contributed by atoms with Crippen molar-refractivity contribution in [3.05, 3.63) is 40.7 Å². The quantitative estimate of drug-likeness (QED) is 0.867. The molecule has 0 atom stereocenters. The Labute approximate surface area is 96.3 Å². The van der Waals surface area contributed by atoms with Crippen molar-refractivity contribution < 1.29 is 9.90 Å². The molecule has 0 fully saturated rings. The lowest BCUT2D eigenvalue weighted by molar-refractivity contribution is 0.0690. The van der Waals surface area contributed by atoms with Crippen LogP contribution in [-0.2, 0) is 0 Å². The fourth-order valence-corrected chi connectivity index (χ4v) is 1.38. The monoisotopic (exact) mass is 237 g/mol. The molecule has 2 aromatic rings. The molecular formula is C10H8ClN3O2. The van der Waals surface area contributed by atoms with E-state index in [0.717, 1.165) is 11.3 Å². The number of halogens is 1. The summed E-state index contributed by atoms with van der Waals surface area (Å²) in [7, 11) is 0. The minimum Gasteiger partial charge on any atom is -0.476 e. The minimum atomic E-state index is -1.10. The van der Waals surface area contributed by atoms with Gasteiger partial charge >= 0.3 is 5.97 Å². The average molecular weight is 238 g/mol. The Bertz CT molecular complexity index is 551. The maximum absolute atomic E-state index is 10.6. The molecule has 1 aromatic carbocycles. The van der Waals surface area contributed by atoms with Gasteiger partial charge in [-0.05, 0) is 30.7 Å². The summed E-state index contributed by atoms with van der Waals surface area (Å²) in [4.78, 5) is 10.6. The molecule has 0 aliphatic carbocycles. The number of hydrogen-bond acceptors (Lipinski definition) is 3. The topological polar surface area (TPSA) is 68.0 Å². The first-order valence-electron chi connectivity index (χ1n) is 4.50. The van der Waals surface area contributed by atoms with Gasteiger partial charge in [0.1, 0.15) is 0 Å². The molecule has 82 valence electrons. The number of carboxylic acids is 1. The Morgan fingerprint density at radius 2 is 2.25 bits per heavy atom. The van der Waals surface area contributed by atoms with Crippen molar-refractivity contribution in [3.63, 3.8) is 0 Å². The van der Waals surface area contributed by atoms with E-state index in [0.29, 0.717) is 5.02 Å². The van der Waals surface area contributed by atoms with Gasteiger partial charge in [-0.1, -0.05) is 16.8 Å². The molecule has 1 N–H and O–H groups in total. The van der Waals surface area contributed by atoms with Crippen LogP contribution >= 0.6 is 11.6 Å². The lowest BCUT2D eigenvalue weighted by atomic mass is 10.2. The highest BCUT2D eigenvalue weighted by Gasteiger charge is 2.09. The molecule has 16 heavy (non-hydrogen) atoms. The van der Waals surface area contributed by atoms with E-state index < -0.39 is 5.97 Å². The smallest absolute Gasteiger partial charge is 0.358 e. The molecule has 0 saturated carbocycles. The number of aromatic carboxylic acids is 1. The Balaban J connectivity index is 2.42. The van der Waals surface area contributed by atoms with Crippen molar-refractivity contribution in [2.24, 2.45) is 0 Å². The summed E-state index contributed by atoms with van der Waals surface area (Å²) in [6.45, 7) is 1.86. The van der Waals surface area contributed by atoms with E-state index >= 15 is 0 Å². The van der Waals surface area contributed by atoms with Crippen LogP contribution in [0, 0.1) is 6.92 Å². The molecule has 0 unspecified atom stereocenters. The Morgan fingerprint density at radius 1 is 1.50 bits per heavy atom. The summed E-state index contributed by atoms with van der Waals surface area (Å²) in [5.41, 5.74) is 1.53. The van der Waals surface area contributed by atoms with Crippen molar-refractivity contribution in [1.29, 1.82) is 0 Å². The number of aryl methyl sites for hydroxylation is 1. The molecular weight excluding hydrogens is 230 g/mol. The zero-order valence-electron chi connectivity index (χ0n) is 8.38. The Morgan fingerprint density at radius 3 is 2.81 bits per heavy atom. The maximum Gasteiger partial charge on any atom is 0.358 e. The number of nitrogens with zero attached hydrogens (tertiary/aromatic N) is 3. The van der Waals surface area contributed by atoms with Gasteiger partial charge in [0, 0.05) is 5.02 Å². The van der Waals surface area contributed by atoms with Gasteiger partial charge in [-0.15, -0.1) is 5.10 Å². The number of carboxylic acid groups (broad SMARTS) is 1. The molecule has 5 nitrogen and oxygen atoms in total. The van der Waals surface area contributed by atoms with Crippen LogP contribution in [0.4, 0.5) is 0 Å². The van der Waals surface area contributed by atoms with Crippen LogP contribution in [0.15, 0.2) is 24.4 Å². The number of hydrogen-bond donors (Lipinski definition) is 1. The van der Waals surface area contributed by atoms with Crippen LogP contribution in [0.3, 0.4) is 0 Å². The number of aromatic nitrogens is 3. The lowest BCUT2D eigenvalue weighted by Crippen LogP contribution is -1.96. The van der Waals surface area contributed by atoms with Crippen LogP contribution in [0.2, 0.25) is 5.02 Å². The van der Waals surface area contributed by atoms with E-state index in [9.17, 15) is 4.79 Å². The summed E-state index contributed by atoms with van der Waals surface area (Å²) in [5.74, 6) is -1.10. The van der Waals surface area contributed by atoms with Gasteiger partial charge in [0.05, 0.1) is 11.9 Å². The third-order valence-electron chi connectivity index (χ3n) is 2.12. The average Bonchev–Trinajstić information content (AvgIpc) is 2.71. The van der Waals surface area contributed by atoms with Gasteiger partial charge in [0.15, 0.2) is 5.69 Å². The Hall–Kier alpha value is -1.88.